The second-order valence-electron chi connectivity index (χ2n) is 3.13. The van der Waals surface area contributed by atoms with Gasteiger partial charge >= 0.3 is 5.97 Å². The van der Waals surface area contributed by atoms with Crippen LogP contribution in [0.15, 0.2) is 12.4 Å². The molecule has 78 valence electrons. The summed E-state index contributed by atoms with van der Waals surface area (Å²) < 4.78 is 6.25. The molecule has 0 aliphatic rings. The summed E-state index contributed by atoms with van der Waals surface area (Å²) in [6, 6.07) is 0.0998. The van der Waals surface area contributed by atoms with Gasteiger partial charge in [-0.05, 0) is 6.92 Å². The summed E-state index contributed by atoms with van der Waals surface area (Å²) in [7, 11) is 3.23. The molecule has 0 saturated heterocycles. The van der Waals surface area contributed by atoms with Gasteiger partial charge in [-0.2, -0.15) is 5.10 Å². The van der Waals surface area contributed by atoms with Crippen molar-refractivity contribution < 1.29 is 9.53 Å². The Kier molecular flexibility index (Phi) is 3.64. The van der Waals surface area contributed by atoms with E-state index in [0.717, 1.165) is 5.56 Å². The lowest BCUT2D eigenvalue weighted by Gasteiger charge is -2.10. The summed E-state index contributed by atoms with van der Waals surface area (Å²) in [6.45, 7) is 2.19. The van der Waals surface area contributed by atoms with E-state index >= 15 is 0 Å². The minimum atomic E-state index is -0.263. The maximum absolute atomic E-state index is 10.8. The molecule has 5 heteroatoms. The van der Waals surface area contributed by atoms with Gasteiger partial charge in [0.1, 0.15) is 0 Å². The average Bonchev–Trinajstić information content (AvgIpc) is 2.60. The molecule has 0 amide bonds. The summed E-state index contributed by atoms with van der Waals surface area (Å²) in [5.41, 5.74) is 1.05. The van der Waals surface area contributed by atoms with Crippen LogP contribution in [0.5, 0.6) is 0 Å². The van der Waals surface area contributed by atoms with Crippen molar-refractivity contribution in [3.63, 3.8) is 0 Å². The van der Waals surface area contributed by atoms with E-state index in [1.54, 1.807) is 10.9 Å². The first-order chi connectivity index (χ1) is 6.63. The van der Waals surface area contributed by atoms with E-state index in [9.17, 15) is 4.79 Å². The van der Waals surface area contributed by atoms with Crippen molar-refractivity contribution in [1.82, 2.24) is 15.1 Å². The summed E-state index contributed by atoms with van der Waals surface area (Å²) in [6.07, 6.45) is 3.68. The van der Waals surface area contributed by atoms with Crippen LogP contribution in [0.3, 0.4) is 0 Å². The molecule has 0 aromatic carbocycles. The lowest BCUT2D eigenvalue weighted by atomic mass is 10.2. The molecule has 1 aromatic rings. The highest BCUT2D eigenvalue weighted by Gasteiger charge is 2.08. The molecule has 0 aliphatic carbocycles. The Morgan fingerprint density at radius 3 is 3.00 bits per heavy atom. The quantitative estimate of drug-likeness (QED) is 0.703. The number of aromatic nitrogens is 2. The van der Waals surface area contributed by atoms with Crippen LogP contribution in [0, 0.1) is 0 Å². The molecule has 14 heavy (non-hydrogen) atoms. The van der Waals surface area contributed by atoms with E-state index in [4.69, 9.17) is 0 Å². The molecule has 1 atom stereocenters. The van der Waals surface area contributed by atoms with Crippen molar-refractivity contribution >= 4 is 5.97 Å². The van der Waals surface area contributed by atoms with E-state index in [0.29, 0.717) is 0 Å². The Bertz CT molecular complexity index is 309. The maximum Gasteiger partial charge on any atom is 0.319 e. The first-order valence-electron chi connectivity index (χ1n) is 4.42. The topological polar surface area (TPSA) is 56.1 Å². The number of hydrogen-bond donors (Lipinski definition) is 1. The van der Waals surface area contributed by atoms with Crippen LogP contribution in [-0.4, -0.2) is 29.4 Å². The number of nitrogens with one attached hydrogen (secondary N) is 1. The third-order valence-corrected chi connectivity index (χ3v) is 2.01. The number of aryl methyl sites for hydroxylation is 1. The average molecular weight is 197 g/mol. The van der Waals surface area contributed by atoms with Gasteiger partial charge in [-0.15, -0.1) is 0 Å². The Hall–Kier alpha value is -1.36. The zero-order valence-electron chi connectivity index (χ0n) is 8.65. The van der Waals surface area contributed by atoms with Crippen molar-refractivity contribution in [2.24, 2.45) is 7.05 Å². The van der Waals surface area contributed by atoms with Crippen LogP contribution in [0.1, 0.15) is 18.5 Å². The summed E-state index contributed by atoms with van der Waals surface area (Å²) >= 11 is 0. The van der Waals surface area contributed by atoms with Crippen molar-refractivity contribution in [2.75, 3.05) is 13.7 Å². The van der Waals surface area contributed by atoms with Crippen molar-refractivity contribution in [3.05, 3.63) is 18.0 Å². The third kappa shape index (κ3) is 2.85. The van der Waals surface area contributed by atoms with Crippen LogP contribution in [0.2, 0.25) is 0 Å². The molecule has 0 fully saturated rings. The monoisotopic (exact) mass is 197 g/mol. The fraction of sp³-hybridized carbons (Fsp3) is 0.556. The van der Waals surface area contributed by atoms with Gasteiger partial charge in [-0.3, -0.25) is 9.48 Å². The predicted molar refractivity (Wildman–Crippen MR) is 51.6 cm³/mol. The zero-order valence-corrected chi connectivity index (χ0v) is 8.65. The van der Waals surface area contributed by atoms with E-state index in [1.165, 1.54) is 7.11 Å². The number of carbonyl (C=O) groups is 1. The Balaban J connectivity index is 2.42. The van der Waals surface area contributed by atoms with Crippen molar-refractivity contribution in [1.29, 1.82) is 0 Å². The molecule has 0 aliphatic heterocycles. The Morgan fingerprint density at radius 2 is 2.50 bits per heavy atom. The predicted octanol–water partition coefficient (Wildman–Crippen LogP) is 0.244. The fourth-order valence-electron chi connectivity index (χ4n) is 1.09. The lowest BCUT2D eigenvalue weighted by Crippen LogP contribution is -2.26. The lowest BCUT2D eigenvalue weighted by molar-refractivity contribution is -0.139. The highest BCUT2D eigenvalue weighted by Crippen LogP contribution is 2.09. The van der Waals surface area contributed by atoms with E-state index in [2.05, 4.69) is 15.2 Å². The number of nitrogens with zero attached hydrogens (tertiary/aromatic N) is 2. The van der Waals surface area contributed by atoms with E-state index in [1.807, 2.05) is 20.2 Å². The standard InChI is InChI=1S/C9H15N3O2/c1-7(10-5-9(13)14-3)8-4-11-12(2)6-8/h4,6-7,10H,5H2,1-3H3. The van der Waals surface area contributed by atoms with E-state index < -0.39 is 0 Å². The van der Waals surface area contributed by atoms with E-state index in [-0.39, 0.29) is 18.6 Å². The van der Waals surface area contributed by atoms with Crippen LogP contribution in [0.25, 0.3) is 0 Å². The van der Waals surface area contributed by atoms with Crippen molar-refractivity contribution in [3.8, 4) is 0 Å². The third-order valence-electron chi connectivity index (χ3n) is 2.01. The number of esters is 1. The summed E-state index contributed by atoms with van der Waals surface area (Å²) in [5.74, 6) is -0.263. The summed E-state index contributed by atoms with van der Waals surface area (Å²) in [5, 5.41) is 7.08. The number of methoxy groups -OCH3 is 1. The molecule has 0 bridgehead atoms. The molecule has 1 aromatic heterocycles. The Labute approximate surface area is 83.1 Å². The zero-order chi connectivity index (χ0) is 10.6. The number of rotatable bonds is 4. The molecule has 5 nitrogen and oxygen atoms in total. The largest absolute Gasteiger partial charge is 0.468 e. The Morgan fingerprint density at radius 1 is 1.79 bits per heavy atom. The van der Waals surface area contributed by atoms with Crippen LogP contribution >= 0.6 is 0 Å². The van der Waals surface area contributed by atoms with Gasteiger partial charge in [-0.1, -0.05) is 0 Å². The smallest absolute Gasteiger partial charge is 0.319 e. The molecule has 0 radical (unpaired) electrons. The minimum absolute atomic E-state index is 0.0998. The highest BCUT2D eigenvalue weighted by molar-refractivity contribution is 5.71. The second-order valence-corrected chi connectivity index (χ2v) is 3.13. The normalized spacial score (nSPS) is 12.5. The summed E-state index contributed by atoms with van der Waals surface area (Å²) in [4.78, 5) is 10.8. The fourth-order valence-corrected chi connectivity index (χ4v) is 1.09. The molecule has 1 rings (SSSR count). The van der Waals surface area contributed by atoms with Gasteiger partial charge in [0.2, 0.25) is 0 Å². The molecule has 0 saturated carbocycles. The van der Waals surface area contributed by atoms with Gasteiger partial charge in [0.05, 0.1) is 19.9 Å². The molecular weight excluding hydrogens is 182 g/mol. The first kappa shape index (κ1) is 10.7. The van der Waals surface area contributed by atoms with Crippen LogP contribution in [0.4, 0.5) is 0 Å². The van der Waals surface area contributed by atoms with Crippen LogP contribution in [-0.2, 0) is 16.6 Å². The van der Waals surface area contributed by atoms with Gasteiger partial charge in [0.15, 0.2) is 0 Å². The molecule has 1 unspecified atom stereocenters. The number of hydrogen-bond acceptors (Lipinski definition) is 4. The van der Waals surface area contributed by atoms with Gasteiger partial charge in [-0.25, -0.2) is 0 Å². The minimum Gasteiger partial charge on any atom is -0.468 e. The molecule has 0 spiro atoms. The van der Waals surface area contributed by atoms with Gasteiger partial charge in [0.25, 0.3) is 0 Å². The second kappa shape index (κ2) is 4.76. The molecular formula is C9H15N3O2. The molecule has 1 N–H and O–H groups in total. The SMILES string of the molecule is COC(=O)CNC(C)c1cnn(C)c1. The molecule has 1 heterocycles. The number of carbonyl (C=O) groups excluding carboxylic acids is 1. The maximum atomic E-state index is 10.8. The highest BCUT2D eigenvalue weighted by atomic mass is 16.5. The first-order valence-corrected chi connectivity index (χ1v) is 4.42. The number of ether oxygens (including phenoxy) is 1. The van der Waals surface area contributed by atoms with Crippen molar-refractivity contribution in [2.45, 2.75) is 13.0 Å². The van der Waals surface area contributed by atoms with Gasteiger partial charge < -0.3 is 10.1 Å². The van der Waals surface area contributed by atoms with Crippen LogP contribution < -0.4 is 5.32 Å². The van der Waals surface area contributed by atoms with Gasteiger partial charge in [0, 0.05) is 24.8 Å².